The first-order valence-corrected chi connectivity index (χ1v) is 35.9. The Morgan fingerprint density at radius 3 is 1.19 bits per heavy atom. The van der Waals surface area contributed by atoms with E-state index in [1.54, 1.807) is 40.1 Å². The van der Waals surface area contributed by atoms with Crippen molar-refractivity contribution in [1.82, 2.24) is 9.97 Å². The van der Waals surface area contributed by atoms with Gasteiger partial charge in [0.2, 0.25) is 0 Å². The van der Waals surface area contributed by atoms with Crippen LogP contribution in [0.3, 0.4) is 0 Å². The van der Waals surface area contributed by atoms with Gasteiger partial charge in [0.25, 0.3) is 28.7 Å². The summed E-state index contributed by atoms with van der Waals surface area (Å²) in [5.41, 5.74) is 34.5. The molecule has 27 nitrogen and oxygen atoms in total. The van der Waals surface area contributed by atoms with Crippen LogP contribution in [-0.2, 0) is 38.8 Å². The van der Waals surface area contributed by atoms with Crippen LogP contribution in [0.5, 0.6) is 0 Å². The van der Waals surface area contributed by atoms with E-state index in [1.807, 2.05) is 76.2 Å². The van der Waals surface area contributed by atoms with Crippen LogP contribution in [-0.4, -0.2) is 106 Å². The fourth-order valence-corrected chi connectivity index (χ4v) is 11.6. The monoisotopic (exact) mass is 1730 g/mol. The molecule has 0 radical (unpaired) electrons. The third-order valence-corrected chi connectivity index (χ3v) is 20.4. The first-order valence-electron chi connectivity index (χ1n) is 33.5. The SMILES string of the molecule is CC(C)(CO)[C@](C)(N)c1cc([N+](=O)[O-])ccc1F.CCC1([C@](C)(N)c2cc([N+](=O)[O-])ccc2F)CC1.C[C@@](N)(c1cc([N+](=O)[O-])ccc1F)C(F)(F)CO.C[C@](N)(CCO)c1cc([N+](=O)[O-])ccc1F.C[C@](N)(CCO)c1cccc(Br)c1.C[C@](N)(CCO)c1cccc(Br)n1.C[C@](N)(CCO)c1cncc(Br)c1. The third kappa shape index (κ3) is 27.2. The van der Waals surface area contributed by atoms with Crippen molar-refractivity contribution in [3.05, 3.63) is 250 Å². The highest BCUT2D eigenvalue weighted by Gasteiger charge is 2.55. The fraction of sp³-hybridized carbons (Fsp3) is 0.452. The standard InChI is InChI=1S/C13H17FN2O2.C12H17FN2O3.C10H14BrNO.C10H11F3N2O3.C10H13FN2O3.2C9H13BrN2O/c1-3-13(6-7-13)12(2,15)10-8-9(16(17)18)4-5-11(10)14;1-11(2,7-16)12(3,14)9-6-8(15(17)18)4-5-10(9)13;1-10(12,5-6-13)8-3-2-4-9(11)7-8;1-9(14,10(12,13)5-16)7-4-6(15(17)18)2-3-8(7)11;1-10(12,4-5-14)8-6-7(13(15)16)2-3-9(8)11;1-9(11,2-3-13)7-4-8(10)6-12-5-7;1-9(11,5-6-13)7-3-2-4-8(10)12-7/h4-5,8H,3,6-7,15H2,1-2H3;4-6,16H,7,14H2,1-3H3;2-4,7,13H,5-6,12H2,1H3;2-4,16H,5,14H2,1H3;2-3,6,14H,4-5,12H2,1H3;4-6,13H,2-3,11H2,1H3;2-4,13H,5-6,11H2,1H3/t2*12-;10-;9-;10-;2*9-/m1101000/s1. The van der Waals surface area contributed by atoms with E-state index >= 15 is 0 Å². The van der Waals surface area contributed by atoms with Crippen LogP contribution in [0.15, 0.2) is 147 Å². The van der Waals surface area contributed by atoms with Crippen LogP contribution in [0, 0.1) is 74.6 Å². The van der Waals surface area contributed by atoms with Gasteiger partial charge in [0.15, 0.2) is 0 Å². The summed E-state index contributed by atoms with van der Waals surface area (Å²) in [4.78, 5) is 48.2. The van der Waals surface area contributed by atoms with Crippen LogP contribution in [0.1, 0.15) is 153 Å². The maximum Gasteiger partial charge on any atom is 0.292 e. The van der Waals surface area contributed by atoms with Crippen molar-refractivity contribution in [2.24, 2.45) is 51.0 Å². The average molecular weight is 1740 g/mol. The molecule has 109 heavy (non-hydrogen) atoms. The van der Waals surface area contributed by atoms with Gasteiger partial charge in [0, 0.05) is 152 Å². The molecule has 7 atom stereocenters. The Labute approximate surface area is 653 Å². The second kappa shape index (κ2) is 41.1. The van der Waals surface area contributed by atoms with Crippen molar-refractivity contribution in [1.29, 1.82) is 0 Å². The van der Waals surface area contributed by atoms with E-state index < -0.39 is 111 Å². The van der Waals surface area contributed by atoms with Gasteiger partial charge in [-0.05, 0) is 196 Å². The number of rotatable bonds is 25. The van der Waals surface area contributed by atoms with Gasteiger partial charge in [-0.3, -0.25) is 45.4 Å². The predicted octanol–water partition coefficient (Wildman–Crippen LogP) is 12.7. The summed E-state index contributed by atoms with van der Waals surface area (Å²) in [7, 11) is 0. The van der Waals surface area contributed by atoms with Crippen molar-refractivity contribution in [3.63, 3.8) is 0 Å². The number of nitrogens with zero attached hydrogens (tertiary/aromatic N) is 6. The van der Waals surface area contributed by atoms with Crippen molar-refractivity contribution in [3.8, 4) is 0 Å². The minimum absolute atomic E-state index is 0.0238. The molecule has 20 N–H and O–H groups in total. The van der Waals surface area contributed by atoms with E-state index in [9.17, 15) is 71.9 Å². The van der Waals surface area contributed by atoms with E-state index in [-0.39, 0.29) is 78.6 Å². The molecule has 1 fully saturated rings. The van der Waals surface area contributed by atoms with Crippen LogP contribution < -0.4 is 40.1 Å². The van der Waals surface area contributed by atoms with E-state index in [0.29, 0.717) is 31.4 Å². The molecule has 0 unspecified atom stereocenters. The van der Waals surface area contributed by atoms with E-state index in [0.717, 1.165) is 105 Å². The second-order valence-corrected chi connectivity index (χ2v) is 30.8. The van der Waals surface area contributed by atoms with Gasteiger partial charge in [-0.2, -0.15) is 0 Å². The number of hydrogen-bond donors (Lipinski definition) is 13. The highest BCUT2D eigenvalue weighted by Crippen LogP contribution is 2.60. The van der Waals surface area contributed by atoms with Gasteiger partial charge < -0.3 is 70.8 Å². The maximum atomic E-state index is 13.9. The first kappa shape index (κ1) is 97.6. The summed E-state index contributed by atoms with van der Waals surface area (Å²) >= 11 is 9.99. The highest BCUT2D eigenvalue weighted by atomic mass is 79.9. The van der Waals surface area contributed by atoms with Gasteiger partial charge in [-0.25, -0.2) is 31.3 Å². The number of nitro benzene ring substituents is 4. The summed E-state index contributed by atoms with van der Waals surface area (Å²) in [5.74, 6) is -6.61. The molecule has 0 bridgehead atoms. The Kier molecular flexibility index (Phi) is 36.8. The quantitative estimate of drug-likeness (QED) is 0.0109. The van der Waals surface area contributed by atoms with Crippen molar-refractivity contribution in [2.75, 3.05) is 39.6 Å². The van der Waals surface area contributed by atoms with Crippen LogP contribution in [0.25, 0.3) is 0 Å². The number of hydrogen-bond acceptors (Lipinski definition) is 23. The summed E-state index contributed by atoms with van der Waals surface area (Å²) in [5, 5.41) is 95.7. The zero-order valence-electron chi connectivity index (χ0n) is 62.0. The smallest absolute Gasteiger partial charge is 0.292 e. The number of alkyl halides is 2. The average Bonchev–Trinajstić information content (AvgIpc) is 1.60. The summed E-state index contributed by atoms with van der Waals surface area (Å²) < 4.78 is 84.2. The normalized spacial score (nSPS) is 16.0. The van der Waals surface area contributed by atoms with Crippen molar-refractivity contribution >= 4 is 70.5 Å². The van der Waals surface area contributed by atoms with Gasteiger partial charge in [-0.1, -0.05) is 54.9 Å². The van der Waals surface area contributed by atoms with Crippen LogP contribution >= 0.6 is 47.8 Å². The van der Waals surface area contributed by atoms with Gasteiger partial charge in [-0.15, -0.1) is 0 Å². The number of benzene rings is 5. The Hall–Kier alpha value is -7.50. The van der Waals surface area contributed by atoms with Gasteiger partial charge >= 0.3 is 0 Å². The molecule has 36 heteroatoms. The Bertz CT molecular complexity index is 3850. The molecule has 0 saturated heterocycles. The highest BCUT2D eigenvalue weighted by molar-refractivity contribution is 9.11. The van der Waals surface area contributed by atoms with E-state index in [4.69, 9.17) is 65.7 Å². The summed E-state index contributed by atoms with van der Waals surface area (Å²) in [6, 6.07) is 27.5. The molecule has 1 aliphatic rings. The summed E-state index contributed by atoms with van der Waals surface area (Å²) in [6.45, 7) is 14.9. The molecule has 5 aromatic carbocycles. The van der Waals surface area contributed by atoms with Crippen LogP contribution in [0.2, 0.25) is 0 Å². The molecule has 2 aromatic heterocycles. The van der Waals surface area contributed by atoms with E-state index in [1.165, 1.54) is 19.1 Å². The lowest BCUT2D eigenvalue weighted by atomic mass is 9.70. The molecule has 602 valence electrons. The number of nitrogens with two attached hydrogens (primary N) is 7. The zero-order valence-corrected chi connectivity index (χ0v) is 66.7. The van der Waals surface area contributed by atoms with Crippen molar-refractivity contribution in [2.45, 2.75) is 159 Å². The van der Waals surface area contributed by atoms with E-state index in [2.05, 4.69) is 57.8 Å². The molecule has 0 amide bonds. The molecule has 7 aromatic rings. The maximum absolute atomic E-state index is 13.9. The minimum Gasteiger partial charge on any atom is -0.396 e. The van der Waals surface area contributed by atoms with Crippen molar-refractivity contribution < 1.29 is 76.7 Å². The predicted molar refractivity (Wildman–Crippen MR) is 413 cm³/mol. The largest absolute Gasteiger partial charge is 0.396 e. The summed E-state index contributed by atoms with van der Waals surface area (Å²) in [6.07, 6.45) is 7.91. The first-order chi connectivity index (χ1) is 50.2. The lowest BCUT2D eigenvalue weighted by Crippen LogP contribution is -2.53. The number of aliphatic hydroxyl groups excluding tert-OH is 6. The second-order valence-electron chi connectivity index (χ2n) is 28.1. The molecule has 0 aliphatic heterocycles. The molecular weight excluding hydrogens is 1640 g/mol. The molecule has 1 aliphatic carbocycles. The molecule has 0 spiro atoms. The topological polar surface area (TPSA) is 502 Å². The lowest BCUT2D eigenvalue weighted by Gasteiger charge is -2.40. The van der Waals surface area contributed by atoms with Gasteiger partial charge in [0.05, 0.1) is 37.5 Å². The number of halogens is 9. The molecule has 1 saturated carbocycles. The minimum atomic E-state index is -3.82. The molecule has 2 heterocycles. The number of aliphatic hydroxyl groups is 6. The fourth-order valence-electron chi connectivity index (χ4n) is 10.5. The molecule has 8 rings (SSSR count). The number of pyridine rings is 2. The molecular formula is C73H98Br3F6N13O14. The Morgan fingerprint density at radius 1 is 0.450 bits per heavy atom. The van der Waals surface area contributed by atoms with Crippen LogP contribution in [0.4, 0.5) is 49.1 Å². The lowest BCUT2D eigenvalue weighted by molar-refractivity contribution is -0.385. The number of non-ortho nitro benzene ring substituents is 4. The Morgan fingerprint density at radius 2 is 0.817 bits per heavy atom. The Balaban J connectivity index is 0.000000434. The number of nitro groups is 4. The van der Waals surface area contributed by atoms with Gasteiger partial charge in [0.1, 0.15) is 40.0 Å². The zero-order chi connectivity index (χ0) is 83.9. The number of aromatic nitrogens is 2. The third-order valence-electron chi connectivity index (χ3n) is 19.0.